The van der Waals surface area contributed by atoms with Crippen LogP contribution < -0.4 is 16.4 Å². The Morgan fingerprint density at radius 3 is 2.65 bits per heavy atom. The highest BCUT2D eigenvalue weighted by atomic mass is 16.5. The van der Waals surface area contributed by atoms with Gasteiger partial charge in [0.05, 0.1) is 30.1 Å². The molecular weight excluding hydrogens is 258 g/mol. The van der Waals surface area contributed by atoms with Crippen LogP contribution in [0, 0.1) is 0 Å². The smallest absolute Gasteiger partial charge is 0.340 e. The first-order valence-corrected chi connectivity index (χ1v) is 6.54. The molecule has 0 atom stereocenters. The highest BCUT2D eigenvalue weighted by molar-refractivity contribution is 5.98. The van der Waals surface area contributed by atoms with Crippen LogP contribution in [-0.4, -0.2) is 31.1 Å². The third-order valence-corrected chi connectivity index (χ3v) is 2.49. The minimum atomic E-state index is -0.472. The van der Waals surface area contributed by atoms with Crippen LogP contribution in [0.5, 0.6) is 0 Å². The Morgan fingerprint density at radius 2 is 2.05 bits per heavy atom. The summed E-state index contributed by atoms with van der Waals surface area (Å²) in [5, 5.41) is 5.67. The van der Waals surface area contributed by atoms with Crippen LogP contribution in [0.4, 0.5) is 11.4 Å². The van der Waals surface area contributed by atoms with Gasteiger partial charge in [0.1, 0.15) is 0 Å². The molecule has 0 heterocycles. The van der Waals surface area contributed by atoms with Crippen LogP contribution in [0.2, 0.25) is 0 Å². The number of nitrogens with one attached hydrogen (secondary N) is 2. The first kappa shape index (κ1) is 15.8. The minimum absolute atomic E-state index is 0.0764. The summed E-state index contributed by atoms with van der Waals surface area (Å²) in [5.74, 6) is -0.610. The van der Waals surface area contributed by atoms with Gasteiger partial charge >= 0.3 is 5.97 Å². The number of hydrogen-bond acceptors (Lipinski definition) is 5. The SMILES string of the molecule is CCOC(=O)c1cccc(NCC(=O)NC(C)C)c1N. The lowest BCUT2D eigenvalue weighted by Gasteiger charge is -2.13. The number of nitrogens with two attached hydrogens (primary N) is 1. The van der Waals surface area contributed by atoms with Crippen molar-refractivity contribution in [1.29, 1.82) is 0 Å². The molecule has 0 bridgehead atoms. The van der Waals surface area contributed by atoms with Crippen LogP contribution in [-0.2, 0) is 9.53 Å². The number of para-hydroxylation sites is 1. The lowest BCUT2D eigenvalue weighted by Crippen LogP contribution is -2.35. The number of carbonyl (C=O) groups excluding carboxylic acids is 2. The predicted molar refractivity (Wildman–Crippen MR) is 78.6 cm³/mol. The zero-order valence-electron chi connectivity index (χ0n) is 12.0. The standard InChI is InChI=1S/C14H21N3O3/c1-4-20-14(19)10-6-5-7-11(13(10)15)16-8-12(18)17-9(2)3/h5-7,9,16H,4,8,15H2,1-3H3,(H,17,18). The minimum Gasteiger partial charge on any atom is -0.462 e. The van der Waals surface area contributed by atoms with Crippen molar-refractivity contribution in [2.24, 2.45) is 0 Å². The second-order valence-electron chi connectivity index (χ2n) is 4.56. The average Bonchev–Trinajstić information content (AvgIpc) is 2.37. The van der Waals surface area contributed by atoms with Crippen LogP contribution in [0.25, 0.3) is 0 Å². The zero-order chi connectivity index (χ0) is 15.1. The van der Waals surface area contributed by atoms with E-state index in [1.807, 2.05) is 13.8 Å². The van der Waals surface area contributed by atoms with Crippen molar-refractivity contribution in [3.05, 3.63) is 23.8 Å². The van der Waals surface area contributed by atoms with E-state index in [1.165, 1.54) is 0 Å². The van der Waals surface area contributed by atoms with E-state index in [0.29, 0.717) is 11.3 Å². The normalized spacial score (nSPS) is 10.2. The third-order valence-electron chi connectivity index (χ3n) is 2.49. The summed E-state index contributed by atoms with van der Waals surface area (Å²) in [6.07, 6.45) is 0. The van der Waals surface area contributed by atoms with Gasteiger partial charge in [-0.25, -0.2) is 4.79 Å². The largest absolute Gasteiger partial charge is 0.462 e. The number of benzene rings is 1. The average molecular weight is 279 g/mol. The van der Waals surface area contributed by atoms with Gasteiger partial charge < -0.3 is 21.1 Å². The molecule has 0 saturated carbocycles. The molecule has 110 valence electrons. The van der Waals surface area contributed by atoms with Gasteiger partial charge in [-0.3, -0.25) is 4.79 Å². The van der Waals surface area contributed by atoms with Crippen LogP contribution in [0.3, 0.4) is 0 Å². The number of nitrogen functional groups attached to an aromatic ring is 1. The van der Waals surface area contributed by atoms with Gasteiger partial charge in [0.2, 0.25) is 5.91 Å². The number of rotatable bonds is 6. The molecule has 4 N–H and O–H groups in total. The highest BCUT2D eigenvalue weighted by Crippen LogP contribution is 2.23. The van der Waals surface area contributed by atoms with E-state index in [0.717, 1.165) is 0 Å². The van der Waals surface area contributed by atoms with Crippen molar-refractivity contribution in [3.63, 3.8) is 0 Å². The third kappa shape index (κ3) is 4.46. The number of esters is 1. The molecule has 0 aromatic heterocycles. The molecule has 0 aliphatic heterocycles. The van der Waals surface area contributed by atoms with Crippen molar-refractivity contribution >= 4 is 23.3 Å². The molecule has 0 radical (unpaired) electrons. The van der Waals surface area contributed by atoms with Crippen LogP contribution in [0.15, 0.2) is 18.2 Å². The van der Waals surface area contributed by atoms with Gasteiger partial charge in [-0.2, -0.15) is 0 Å². The monoisotopic (exact) mass is 279 g/mol. The first-order chi connectivity index (χ1) is 9.45. The number of ether oxygens (including phenoxy) is 1. The van der Waals surface area contributed by atoms with Crippen molar-refractivity contribution in [3.8, 4) is 0 Å². The molecule has 0 saturated heterocycles. The molecule has 1 aromatic rings. The fourth-order valence-electron chi connectivity index (χ4n) is 1.65. The maximum absolute atomic E-state index is 11.7. The molecule has 20 heavy (non-hydrogen) atoms. The van der Waals surface area contributed by atoms with E-state index in [9.17, 15) is 9.59 Å². The van der Waals surface area contributed by atoms with E-state index in [1.54, 1.807) is 25.1 Å². The number of carbonyl (C=O) groups is 2. The molecule has 6 heteroatoms. The van der Waals surface area contributed by atoms with Gasteiger partial charge in [-0.1, -0.05) is 6.07 Å². The number of amides is 1. The van der Waals surface area contributed by atoms with Crippen molar-refractivity contribution in [1.82, 2.24) is 5.32 Å². The van der Waals surface area contributed by atoms with Gasteiger partial charge in [0.25, 0.3) is 0 Å². The highest BCUT2D eigenvalue weighted by Gasteiger charge is 2.13. The molecule has 0 fully saturated rings. The molecule has 0 aliphatic rings. The first-order valence-electron chi connectivity index (χ1n) is 6.54. The molecule has 1 rings (SSSR count). The second kappa shape index (κ2) is 7.37. The summed E-state index contributed by atoms with van der Waals surface area (Å²) < 4.78 is 4.92. The molecular formula is C14H21N3O3. The lowest BCUT2D eigenvalue weighted by molar-refractivity contribution is -0.119. The Bertz CT molecular complexity index is 487. The summed E-state index contributed by atoms with van der Waals surface area (Å²) in [5.41, 5.74) is 7.02. The second-order valence-corrected chi connectivity index (χ2v) is 4.56. The van der Waals surface area contributed by atoms with Gasteiger partial charge in [-0.15, -0.1) is 0 Å². The number of anilines is 2. The van der Waals surface area contributed by atoms with E-state index < -0.39 is 5.97 Å². The van der Waals surface area contributed by atoms with Crippen molar-refractivity contribution in [2.45, 2.75) is 26.8 Å². The van der Waals surface area contributed by atoms with Crippen molar-refractivity contribution < 1.29 is 14.3 Å². The summed E-state index contributed by atoms with van der Waals surface area (Å²) in [4.78, 5) is 23.2. The Balaban J connectivity index is 2.74. The molecule has 0 aliphatic carbocycles. The van der Waals surface area contributed by atoms with Gasteiger partial charge in [0, 0.05) is 6.04 Å². The number of hydrogen-bond donors (Lipinski definition) is 3. The Hall–Kier alpha value is -2.24. The van der Waals surface area contributed by atoms with Gasteiger partial charge in [-0.05, 0) is 32.9 Å². The van der Waals surface area contributed by atoms with E-state index in [2.05, 4.69) is 10.6 Å². The summed E-state index contributed by atoms with van der Waals surface area (Å²) in [6.45, 7) is 5.87. The zero-order valence-corrected chi connectivity index (χ0v) is 12.0. The molecule has 0 spiro atoms. The maximum Gasteiger partial charge on any atom is 0.340 e. The molecule has 0 unspecified atom stereocenters. The van der Waals surface area contributed by atoms with Crippen LogP contribution >= 0.6 is 0 Å². The summed E-state index contributed by atoms with van der Waals surface area (Å²) in [6, 6.07) is 5.06. The quantitative estimate of drug-likeness (QED) is 0.540. The lowest BCUT2D eigenvalue weighted by atomic mass is 10.1. The van der Waals surface area contributed by atoms with Gasteiger partial charge in [0.15, 0.2) is 0 Å². The molecule has 6 nitrogen and oxygen atoms in total. The van der Waals surface area contributed by atoms with E-state index >= 15 is 0 Å². The Kier molecular flexibility index (Phi) is 5.83. The predicted octanol–water partition coefficient (Wildman–Crippen LogP) is 1.38. The van der Waals surface area contributed by atoms with Crippen LogP contribution in [0.1, 0.15) is 31.1 Å². The Morgan fingerprint density at radius 1 is 1.35 bits per heavy atom. The fraction of sp³-hybridized carbons (Fsp3) is 0.429. The fourth-order valence-corrected chi connectivity index (χ4v) is 1.65. The van der Waals surface area contributed by atoms with E-state index in [-0.39, 0.29) is 30.8 Å². The molecule has 1 amide bonds. The summed E-state index contributed by atoms with van der Waals surface area (Å²) in [7, 11) is 0. The Labute approximate surface area is 118 Å². The summed E-state index contributed by atoms with van der Waals surface area (Å²) >= 11 is 0. The molecule has 1 aromatic carbocycles. The topological polar surface area (TPSA) is 93.4 Å². The van der Waals surface area contributed by atoms with Crippen molar-refractivity contribution in [2.75, 3.05) is 24.2 Å². The maximum atomic E-state index is 11.7. The van der Waals surface area contributed by atoms with E-state index in [4.69, 9.17) is 10.5 Å².